The maximum Gasteiger partial charge on any atom is 0.161 e. The van der Waals surface area contributed by atoms with E-state index in [-0.39, 0.29) is 18.3 Å². The summed E-state index contributed by atoms with van der Waals surface area (Å²) in [5.41, 5.74) is 3.01. The molecule has 2 unspecified atom stereocenters. The molecular weight excluding hydrogens is 348 g/mol. The summed E-state index contributed by atoms with van der Waals surface area (Å²) in [6, 6.07) is 8.70. The highest BCUT2D eigenvalue weighted by Gasteiger charge is 2.34. The highest BCUT2D eigenvalue weighted by atomic mass is 16.5. The first kappa shape index (κ1) is 18.8. The Labute approximate surface area is 157 Å². The average molecular weight is 370 g/mol. The Morgan fingerprint density at radius 3 is 2.26 bits per heavy atom. The third-order valence-electron chi connectivity index (χ3n) is 4.97. The summed E-state index contributed by atoms with van der Waals surface area (Å²) in [6.07, 6.45) is 2.53. The second-order valence-corrected chi connectivity index (χ2v) is 6.30. The molecule has 2 aromatic carbocycles. The summed E-state index contributed by atoms with van der Waals surface area (Å²) in [5.74, 6) is 0.727. The lowest BCUT2D eigenvalue weighted by Crippen LogP contribution is -2.25. The number of hydrogen-bond donors (Lipinski definition) is 2. The number of carbonyl (C=O) groups is 1. The molecule has 1 aliphatic rings. The molecule has 142 valence electrons. The van der Waals surface area contributed by atoms with Crippen LogP contribution in [0.2, 0.25) is 0 Å². The number of methoxy groups -OCH3 is 3. The first-order valence-corrected chi connectivity index (χ1v) is 8.48. The first-order valence-electron chi connectivity index (χ1n) is 8.48. The minimum absolute atomic E-state index is 0.0243. The van der Waals surface area contributed by atoms with Gasteiger partial charge >= 0.3 is 0 Å². The van der Waals surface area contributed by atoms with Crippen molar-refractivity contribution < 1.29 is 29.2 Å². The van der Waals surface area contributed by atoms with Crippen LogP contribution in [0.25, 0.3) is 6.08 Å². The van der Waals surface area contributed by atoms with Crippen molar-refractivity contribution in [3.8, 4) is 23.0 Å². The lowest BCUT2D eigenvalue weighted by Gasteiger charge is -2.32. The molecule has 0 saturated heterocycles. The maximum absolute atomic E-state index is 11.7. The fourth-order valence-corrected chi connectivity index (χ4v) is 3.63. The molecule has 2 aromatic rings. The van der Waals surface area contributed by atoms with Crippen LogP contribution >= 0.6 is 0 Å². The Morgan fingerprint density at radius 1 is 1.00 bits per heavy atom. The fourth-order valence-electron chi connectivity index (χ4n) is 3.63. The molecular formula is C21H22O6. The van der Waals surface area contributed by atoms with E-state index >= 15 is 0 Å². The summed E-state index contributed by atoms with van der Waals surface area (Å²) in [5, 5.41) is 19.9. The van der Waals surface area contributed by atoms with E-state index in [4.69, 9.17) is 14.2 Å². The predicted molar refractivity (Wildman–Crippen MR) is 101 cm³/mol. The van der Waals surface area contributed by atoms with Crippen molar-refractivity contribution in [3.05, 3.63) is 52.6 Å². The van der Waals surface area contributed by atoms with E-state index in [1.165, 1.54) is 7.11 Å². The molecule has 3 rings (SSSR count). The van der Waals surface area contributed by atoms with Crippen LogP contribution in [-0.4, -0.2) is 44.4 Å². The van der Waals surface area contributed by atoms with Gasteiger partial charge in [0.25, 0.3) is 0 Å². The molecule has 0 saturated carbocycles. The second kappa shape index (κ2) is 7.72. The number of phenols is 1. The van der Waals surface area contributed by atoms with Crippen molar-refractivity contribution in [1.29, 1.82) is 0 Å². The van der Waals surface area contributed by atoms with Gasteiger partial charge < -0.3 is 24.4 Å². The van der Waals surface area contributed by atoms with Crippen LogP contribution in [0, 0.1) is 5.92 Å². The van der Waals surface area contributed by atoms with Gasteiger partial charge in [-0.25, -0.2) is 0 Å². The molecule has 0 spiro atoms. The highest BCUT2D eigenvalue weighted by molar-refractivity contribution is 5.86. The first-order chi connectivity index (χ1) is 13.1. The number of aromatic hydroxyl groups is 1. The molecule has 27 heavy (non-hydrogen) atoms. The van der Waals surface area contributed by atoms with Crippen LogP contribution in [0.3, 0.4) is 0 Å². The van der Waals surface area contributed by atoms with E-state index in [0.29, 0.717) is 22.8 Å². The van der Waals surface area contributed by atoms with Crippen molar-refractivity contribution in [2.45, 2.75) is 5.92 Å². The summed E-state index contributed by atoms with van der Waals surface area (Å²) < 4.78 is 16.0. The number of hydrogen-bond acceptors (Lipinski definition) is 6. The minimum atomic E-state index is -0.428. The molecule has 0 aromatic heterocycles. The number of phenolic OH excluding ortho intramolecular Hbond substituents is 1. The Hall–Kier alpha value is -2.99. The molecule has 2 N–H and O–H groups in total. The van der Waals surface area contributed by atoms with Crippen LogP contribution in [0.4, 0.5) is 0 Å². The van der Waals surface area contributed by atoms with Gasteiger partial charge in [0, 0.05) is 11.8 Å². The van der Waals surface area contributed by atoms with Gasteiger partial charge in [0.1, 0.15) is 6.29 Å². The molecule has 0 fully saturated rings. The van der Waals surface area contributed by atoms with Gasteiger partial charge in [0.15, 0.2) is 23.0 Å². The van der Waals surface area contributed by atoms with E-state index < -0.39 is 5.92 Å². The standard InChI is InChI=1S/C21H22O6/c1-25-18-7-12(4-5-17(18)24)21-15-9-20(27-3)19(26-2)8-13(15)6-14(10-22)16(21)11-23/h4-10,16,21,23-24H,11H2,1-3H3. The number of carbonyl (C=O) groups excluding carboxylic acids is 1. The van der Waals surface area contributed by atoms with E-state index in [1.54, 1.807) is 38.5 Å². The van der Waals surface area contributed by atoms with Crippen LogP contribution < -0.4 is 14.2 Å². The summed E-state index contributed by atoms with van der Waals surface area (Å²) in [6.45, 7) is -0.202. The monoisotopic (exact) mass is 370 g/mol. The van der Waals surface area contributed by atoms with Crippen LogP contribution in [0.1, 0.15) is 22.6 Å². The van der Waals surface area contributed by atoms with Gasteiger partial charge in [-0.05, 0) is 52.6 Å². The Bertz CT molecular complexity index is 886. The van der Waals surface area contributed by atoms with Gasteiger partial charge in [0.2, 0.25) is 0 Å². The zero-order valence-electron chi connectivity index (χ0n) is 15.4. The number of fused-ring (bicyclic) bond motifs is 1. The lowest BCUT2D eigenvalue weighted by atomic mass is 9.72. The van der Waals surface area contributed by atoms with Crippen LogP contribution in [-0.2, 0) is 4.79 Å². The van der Waals surface area contributed by atoms with Gasteiger partial charge in [-0.1, -0.05) is 6.07 Å². The quantitative estimate of drug-likeness (QED) is 0.761. The number of benzene rings is 2. The SMILES string of the molecule is COc1cc(C2c3cc(OC)c(OC)cc3C=C(C=O)C2CO)ccc1O. The van der Waals surface area contributed by atoms with E-state index in [2.05, 4.69) is 0 Å². The van der Waals surface area contributed by atoms with Crippen molar-refractivity contribution >= 4 is 12.4 Å². The van der Waals surface area contributed by atoms with Crippen molar-refractivity contribution in [2.24, 2.45) is 5.92 Å². The van der Waals surface area contributed by atoms with Crippen LogP contribution in [0.15, 0.2) is 35.9 Å². The molecule has 2 atom stereocenters. The molecule has 0 heterocycles. The van der Waals surface area contributed by atoms with Crippen molar-refractivity contribution in [3.63, 3.8) is 0 Å². The Morgan fingerprint density at radius 2 is 1.67 bits per heavy atom. The number of aldehydes is 1. The van der Waals surface area contributed by atoms with Crippen LogP contribution in [0.5, 0.6) is 23.0 Å². The van der Waals surface area contributed by atoms with Gasteiger partial charge in [0.05, 0.1) is 27.9 Å². The highest BCUT2D eigenvalue weighted by Crippen LogP contribution is 2.46. The zero-order valence-corrected chi connectivity index (χ0v) is 15.4. The smallest absolute Gasteiger partial charge is 0.161 e. The number of ether oxygens (including phenoxy) is 3. The minimum Gasteiger partial charge on any atom is -0.504 e. The van der Waals surface area contributed by atoms with E-state index in [0.717, 1.165) is 23.0 Å². The number of aliphatic hydroxyl groups excluding tert-OH is 1. The third-order valence-corrected chi connectivity index (χ3v) is 4.97. The average Bonchev–Trinajstić information content (AvgIpc) is 2.71. The molecule has 1 aliphatic carbocycles. The summed E-state index contributed by atoms with van der Waals surface area (Å²) in [7, 11) is 4.58. The van der Waals surface area contributed by atoms with Crippen molar-refractivity contribution in [1.82, 2.24) is 0 Å². The van der Waals surface area contributed by atoms with Gasteiger partial charge in [-0.2, -0.15) is 0 Å². The zero-order chi connectivity index (χ0) is 19.6. The van der Waals surface area contributed by atoms with Gasteiger partial charge in [-0.15, -0.1) is 0 Å². The number of rotatable bonds is 6. The molecule has 6 heteroatoms. The van der Waals surface area contributed by atoms with Gasteiger partial charge in [-0.3, -0.25) is 4.79 Å². The molecule has 0 bridgehead atoms. The Balaban J connectivity index is 2.26. The molecule has 0 amide bonds. The molecule has 0 aliphatic heterocycles. The predicted octanol–water partition coefficient (Wildman–Crippen LogP) is 2.75. The van der Waals surface area contributed by atoms with E-state index in [1.807, 2.05) is 12.1 Å². The van der Waals surface area contributed by atoms with Crippen molar-refractivity contribution in [2.75, 3.05) is 27.9 Å². The molecule has 6 nitrogen and oxygen atoms in total. The normalized spacial score (nSPS) is 18.3. The fraction of sp³-hybridized carbons (Fsp3) is 0.286. The summed E-state index contributed by atoms with van der Waals surface area (Å²) in [4.78, 5) is 11.7. The number of aliphatic hydroxyl groups is 1. The van der Waals surface area contributed by atoms with E-state index in [9.17, 15) is 15.0 Å². The third kappa shape index (κ3) is 3.24. The molecule has 0 radical (unpaired) electrons. The lowest BCUT2D eigenvalue weighted by molar-refractivity contribution is -0.105. The topological polar surface area (TPSA) is 85.2 Å². The Kier molecular flexibility index (Phi) is 5.37. The second-order valence-electron chi connectivity index (χ2n) is 6.30. The summed E-state index contributed by atoms with van der Waals surface area (Å²) >= 11 is 0. The largest absolute Gasteiger partial charge is 0.504 e. The maximum atomic E-state index is 11.7.